The van der Waals surface area contributed by atoms with Crippen molar-refractivity contribution in [2.24, 2.45) is 0 Å². The molecule has 0 heterocycles. The lowest BCUT2D eigenvalue weighted by Gasteiger charge is -2.17. The van der Waals surface area contributed by atoms with Gasteiger partial charge in [0.2, 0.25) is 5.91 Å². The Morgan fingerprint density at radius 1 is 0.689 bits per heavy atom. The first-order chi connectivity index (χ1) is 21.8. The van der Waals surface area contributed by atoms with Crippen LogP contribution in [0.5, 0.6) is 0 Å². The molecule has 5 aromatic carbocycles. The number of benzene rings is 5. The molecule has 6 nitrogen and oxygen atoms in total. The minimum absolute atomic E-state index is 0.113. The Labute approximate surface area is 280 Å². The summed E-state index contributed by atoms with van der Waals surface area (Å²) in [7, 11) is 0. The molecule has 224 valence electrons. The van der Waals surface area contributed by atoms with Gasteiger partial charge in [-0.15, -0.1) is 11.8 Å². The molecule has 0 spiro atoms. The predicted molar refractivity (Wildman–Crippen MR) is 191 cm³/mol. The number of anilines is 2. The van der Waals surface area contributed by atoms with Gasteiger partial charge in [0.05, 0.1) is 0 Å². The van der Waals surface area contributed by atoms with Gasteiger partial charge in [0.1, 0.15) is 10.9 Å². The Bertz CT molecular complexity index is 1790. The van der Waals surface area contributed by atoms with E-state index in [4.69, 9.17) is 0 Å². The molecule has 0 aliphatic heterocycles. The summed E-state index contributed by atoms with van der Waals surface area (Å²) < 4.78 is 1.09. The van der Waals surface area contributed by atoms with E-state index in [2.05, 4.69) is 38.5 Å². The first-order valence-electron chi connectivity index (χ1n) is 14.2. The molecule has 0 saturated heterocycles. The van der Waals surface area contributed by atoms with E-state index in [1.54, 1.807) is 42.5 Å². The highest BCUT2D eigenvalue weighted by molar-refractivity contribution is 14.1. The van der Waals surface area contributed by atoms with Crippen molar-refractivity contribution < 1.29 is 14.4 Å². The van der Waals surface area contributed by atoms with Crippen LogP contribution in [0.1, 0.15) is 32.3 Å². The summed E-state index contributed by atoms with van der Waals surface area (Å²) in [6.45, 7) is 1.98. The van der Waals surface area contributed by atoms with E-state index in [9.17, 15) is 14.4 Å². The van der Waals surface area contributed by atoms with Crippen LogP contribution in [0.25, 0.3) is 6.08 Å². The van der Waals surface area contributed by atoms with E-state index in [1.165, 1.54) is 11.8 Å². The Balaban J connectivity index is 1.32. The highest BCUT2D eigenvalue weighted by atomic mass is 127. The van der Waals surface area contributed by atoms with Crippen molar-refractivity contribution in [2.75, 3.05) is 10.6 Å². The monoisotopic (exact) mass is 723 g/mol. The second-order valence-electron chi connectivity index (χ2n) is 10.2. The van der Waals surface area contributed by atoms with Gasteiger partial charge in [-0.3, -0.25) is 14.4 Å². The molecule has 0 bridgehead atoms. The molecule has 3 amide bonds. The average Bonchev–Trinajstić information content (AvgIpc) is 3.06. The molecule has 0 aliphatic carbocycles. The van der Waals surface area contributed by atoms with Gasteiger partial charge in [0.25, 0.3) is 11.8 Å². The number of aryl methyl sites for hydroxylation is 1. The molecule has 1 unspecified atom stereocenters. The Kier molecular flexibility index (Phi) is 10.8. The standard InChI is InChI=1S/C37H30IN3O3S/c1-25-12-14-26(15-13-25)24-33(41-35(42)28-10-6-3-7-11-28)36(43)39-31-20-22-32(23-21-31)45-34(27-8-4-2-5-9-27)37(44)40-30-18-16-29(38)17-19-30/h2-24,34H,1H3,(H,39,43)(H,40,44)(H,41,42)/b33-24-. The number of rotatable bonds is 10. The van der Waals surface area contributed by atoms with E-state index in [1.807, 2.05) is 104 Å². The van der Waals surface area contributed by atoms with Crippen LogP contribution in [0.3, 0.4) is 0 Å². The van der Waals surface area contributed by atoms with Crippen LogP contribution < -0.4 is 16.0 Å². The number of nitrogens with one attached hydrogen (secondary N) is 3. The molecule has 0 aliphatic rings. The number of carbonyl (C=O) groups is 3. The third kappa shape index (κ3) is 9.17. The van der Waals surface area contributed by atoms with Gasteiger partial charge >= 0.3 is 0 Å². The molecule has 0 radical (unpaired) electrons. The minimum Gasteiger partial charge on any atom is -0.325 e. The molecular weight excluding hydrogens is 693 g/mol. The molecule has 1 atom stereocenters. The van der Waals surface area contributed by atoms with E-state index < -0.39 is 11.2 Å². The summed E-state index contributed by atoms with van der Waals surface area (Å²) in [6, 6.07) is 41.0. The van der Waals surface area contributed by atoms with Crippen molar-refractivity contribution in [3.63, 3.8) is 0 Å². The molecule has 8 heteroatoms. The van der Waals surface area contributed by atoms with Crippen molar-refractivity contribution in [1.82, 2.24) is 5.32 Å². The lowest BCUT2D eigenvalue weighted by atomic mass is 10.1. The van der Waals surface area contributed by atoms with E-state index in [-0.39, 0.29) is 17.5 Å². The second kappa shape index (κ2) is 15.4. The first kappa shape index (κ1) is 31.7. The fraction of sp³-hybridized carbons (Fsp3) is 0.0541. The van der Waals surface area contributed by atoms with Gasteiger partial charge in [0.15, 0.2) is 0 Å². The topological polar surface area (TPSA) is 87.3 Å². The van der Waals surface area contributed by atoms with Gasteiger partial charge in [0, 0.05) is 25.4 Å². The maximum atomic E-state index is 13.4. The maximum Gasteiger partial charge on any atom is 0.272 e. The van der Waals surface area contributed by atoms with Crippen molar-refractivity contribution in [3.05, 3.63) is 165 Å². The highest BCUT2D eigenvalue weighted by Gasteiger charge is 2.22. The predicted octanol–water partition coefficient (Wildman–Crippen LogP) is 8.48. The fourth-order valence-corrected chi connectivity index (χ4v) is 5.75. The van der Waals surface area contributed by atoms with E-state index in [0.29, 0.717) is 11.3 Å². The van der Waals surface area contributed by atoms with Crippen LogP contribution in [0, 0.1) is 10.5 Å². The number of halogens is 1. The molecule has 45 heavy (non-hydrogen) atoms. The summed E-state index contributed by atoms with van der Waals surface area (Å²) >= 11 is 3.65. The lowest BCUT2D eigenvalue weighted by Crippen LogP contribution is -2.30. The normalized spacial score (nSPS) is 11.7. The number of carbonyl (C=O) groups excluding carboxylic acids is 3. The zero-order valence-corrected chi connectivity index (χ0v) is 27.3. The van der Waals surface area contributed by atoms with Crippen molar-refractivity contribution >= 4 is 69.5 Å². The van der Waals surface area contributed by atoms with Crippen molar-refractivity contribution in [3.8, 4) is 0 Å². The van der Waals surface area contributed by atoms with E-state index >= 15 is 0 Å². The van der Waals surface area contributed by atoms with Gasteiger partial charge in [-0.05, 0) is 107 Å². The van der Waals surface area contributed by atoms with Crippen LogP contribution in [-0.2, 0) is 9.59 Å². The van der Waals surface area contributed by atoms with Crippen LogP contribution in [-0.4, -0.2) is 17.7 Å². The molecular formula is C37H30IN3O3S. The van der Waals surface area contributed by atoms with Gasteiger partial charge in [-0.25, -0.2) is 0 Å². The minimum atomic E-state index is -0.497. The Morgan fingerprint density at radius 3 is 1.91 bits per heavy atom. The van der Waals surface area contributed by atoms with Gasteiger partial charge in [-0.1, -0.05) is 78.4 Å². The third-order valence-corrected chi connectivity index (χ3v) is 8.72. The molecule has 0 aromatic heterocycles. The first-order valence-corrected chi connectivity index (χ1v) is 16.1. The van der Waals surface area contributed by atoms with Gasteiger partial charge in [-0.2, -0.15) is 0 Å². The molecule has 3 N–H and O–H groups in total. The Hall–Kier alpha value is -4.67. The van der Waals surface area contributed by atoms with Gasteiger partial charge < -0.3 is 16.0 Å². The maximum absolute atomic E-state index is 13.4. The average molecular weight is 724 g/mol. The number of thioether (sulfide) groups is 1. The zero-order chi connectivity index (χ0) is 31.6. The summed E-state index contributed by atoms with van der Waals surface area (Å²) in [5, 5.41) is 8.19. The summed E-state index contributed by atoms with van der Waals surface area (Å²) in [5.74, 6) is -0.976. The SMILES string of the molecule is Cc1ccc(/C=C(\NC(=O)c2ccccc2)C(=O)Nc2ccc(SC(C(=O)Nc3ccc(I)cc3)c3ccccc3)cc2)cc1. The zero-order valence-electron chi connectivity index (χ0n) is 24.4. The fourth-order valence-electron chi connectivity index (χ4n) is 4.36. The van der Waals surface area contributed by atoms with Crippen LogP contribution in [0.15, 0.2) is 144 Å². The molecule has 5 rings (SSSR count). The number of hydrogen-bond donors (Lipinski definition) is 3. The quantitative estimate of drug-likeness (QED) is 0.0767. The number of hydrogen-bond acceptors (Lipinski definition) is 4. The molecule has 5 aromatic rings. The van der Waals surface area contributed by atoms with E-state index in [0.717, 1.165) is 30.8 Å². The van der Waals surface area contributed by atoms with Crippen LogP contribution in [0.2, 0.25) is 0 Å². The largest absolute Gasteiger partial charge is 0.325 e. The highest BCUT2D eigenvalue weighted by Crippen LogP contribution is 2.36. The summed E-state index contributed by atoms with van der Waals surface area (Å²) in [5.41, 5.74) is 4.58. The summed E-state index contributed by atoms with van der Waals surface area (Å²) in [4.78, 5) is 40.6. The third-order valence-electron chi connectivity index (χ3n) is 6.74. The Morgan fingerprint density at radius 2 is 1.27 bits per heavy atom. The second-order valence-corrected chi connectivity index (χ2v) is 12.6. The van der Waals surface area contributed by atoms with Crippen LogP contribution in [0.4, 0.5) is 11.4 Å². The van der Waals surface area contributed by atoms with Crippen molar-refractivity contribution in [1.29, 1.82) is 0 Å². The lowest BCUT2D eigenvalue weighted by molar-refractivity contribution is -0.116. The van der Waals surface area contributed by atoms with Crippen molar-refractivity contribution in [2.45, 2.75) is 17.1 Å². The summed E-state index contributed by atoms with van der Waals surface area (Å²) in [6.07, 6.45) is 1.65. The molecule has 0 fully saturated rings. The smallest absolute Gasteiger partial charge is 0.272 e. The molecule has 0 saturated carbocycles. The van der Waals surface area contributed by atoms with Crippen LogP contribution >= 0.6 is 34.4 Å². The number of amides is 3.